The molecule has 1 unspecified atom stereocenters. The van der Waals surface area contributed by atoms with Gasteiger partial charge >= 0.3 is 0 Å². The number of carbonyl (C=O) groups is 2. The molecule has 4 nitrogen and oxygen atoms in total. The molecule has 0 aromatic heterocycles. The highest BCUT2D eigenvalue weighted by Gasteiger charge is 2.31. The number of likely N-dealkylation sites (tertiary alicyclic amines) is 1. The summed E-state index contributed by atoms with van der Waals surface area (Å²) in [4.78, 5) is 24.2. The summed E-state index contributed by atoms with van der Waals surface area (Å²) in [6.45, 7) is 4.53. The molecule has 1 saturated heterocycles. The maximum atomic E-state index is 11.5. The van der Waals surface area contributed by atoms with Crippen molar-refractivity contribution in [2.45, 2.75) is 6.42 Å². The minimum Gasteiger partial charge on any atom is -0.351 e. The first kappa shape index (κ1) is 11.2. The van der Waals surface area contributed by atoms with Crippen LogP contribution in [0.2, 0.25) is 0 Å². The molecular formula is C9H13BrN2O2. The standard InChI is InChI=1S/C9H13BrN2O2/c1-6(10)4-11-9(14)7-3-8(13)12(2)5-7/h7H,1,3-5H2,2H3,(H,11,14). The van der Waals surface area contributed by atoms with E-state index in [4.69, 9.17) is 0 Å². The number of nitrogens with zero attached hydrogens (tertiary/aromatic N) is 1. The molecule has 1 heterocycles. The van der Waals surface area contributed by atoms with Gasteiger partial charge in [0.25, 0.3) is 0 Å². The van der Waals surface area contributed by atoms with Gasteiger partial charge in [0.05, 0.1) is 5.92 Å². The van der Waals surface area contributed by atoms with Crippen LogP contribution in [0.1, 0.15) is 6.42 Å². The number of amides is 2. The second-order valence-electron chi connectivity index (χ2n) is 3.41. The van der Waals surface area contributed by atoms with Crippen molar-refractivity contribution in [1.29, 1.82) is 0 Å². The third kappa shape index (κ3) is 2.83. The van der Waals surface area contributed by atoms with E-state index in [1.807, 2.05) is 0 Å². The summed E-state index contributed by atoms with van der Waals surface area (Å²) in [5.74, 6) is -0.259. The molecule has 2 amide bonds. The highest BCUT2D eigenvalue weighted by Crippen LogP contribution is 2.15. The first-order valence-electron chi connectivity index (χ1n) is 4.35. The monoisotopic (exact) mass is 260 g/mol. The van der Waals surface area contributed by atoms with Gasteiger partial charge in [0, 0.05) is 31.0 Å². The first-order chi connectivity index (χ1) is 6.50. The lowest BCUT2D eigenvalue weighted by Crippen LogP contribution is -2.32. The van der Waals surface area contributed by atoms with E-state index in [0.717, 1.165) is 4.48 Å². The van der Waals surface area contributed by atoms with Gasteiger partial charge in [-0.15, -0.1) is 0 Å². The van der Waals surface area contributed by atoms with E-state index < -0.39 is 0 Å². The van der Waals surface area contributed by atoms with Crippen molar-refractivity contribution in [3.05, 3.63) is 11.1 Å². The Bertz CT molecular complexity index is 278. The Morgan fingerprint density at radius 1 is 1.79 bits per heavy atom. The van der Waals surface area contributed by atoms with Crippen molar-refractivity contribution >= 4 is 27.7 Å². The normalized spacial score (nSPS) is 21.1. The van der Waals surface area contributed by atoms with Gasteiger partial charge < -0.3 is 10.2 Å². The Morgan fingerprint density at radius 3 is 2.86 bits per heavy atom. The topological polar surface area (TPSA) is 49.4 Å². The molecule has 0 spiro atoms. The van der Waals surface area contributed by atoms with Gasteiger partial charge in [0.1, 0.15) is 0 Å². The van der Waals surface area contributed by atoms with Crippen molar-refractivity contribution in [3.63, 3.8) is 0 Å². The first-order valence-corrected chi connectivity index (χ1v) is 5.15. The number of hydrogen-bond acceptors (Lipinski definition) is 2. The highest BCUT2D eigenvalue weighted by atomic mass is 79.9. The molecule has 0 aromatic carbocycles. The largest absolute Gasteiger partial charge is 0.351 e. The predicted octanol–water partition coefficient (Wildman–Crippen LogP) is 0.489. The van der Waals surface area contributed by atoms with Gasteiger partial charge in [-0.2, -0.15) is 0 Å². The van der Waals surface area contributed by atoms with Crippen LogP contribution in [0.3, 0.4) is 0 Å². The molecule has 1 N–H and O–H groups in total. The van der Waals surface area contributed by atoms with Crippen LogP contribution >= 0.6 is 15.9 Å². The summed E-state index contributed by atoms with van der Waals surface area (Å²) in [7, 11) is 1.71. The van der Waals surface area contributed by atoms with E-state index in [0.29, 0.717) is 19.5 Å². The van der Waals surface area contributed by atoms with Gasteiger partial charge in [-0.1, -0.05) is 22.5 Å². The molecule has 1 atom stereocenters. The number of halogens is 1. The quantitative estimate of drug-likeness (QED) is 0.803. The second-order valence-corrected chi connectivity index (χ2v) is 4.53. The average molecular weight is 261 g/mol. The van der Waals surface area contributed by atoms with Gasteiger partial charge in [0.2, 0.25) is 11.8 Å². The predicted molar refractivity (Wildman–Crippen MR) is 56.8 cm³/mol. The molecule has 1 aliphatic heterocycles. The fourth-order valence-electron chi connectivity index (χ4n) is 1.37. The average Bonchev–Trinajstić information content (AvgIpc) is 2.43. The molecule has 1 fully saturated rings. The zero-order valence-corrected chi connectivity index (χ0v) is 9.63. The SMILES string of the molecule is C=C(Br)CNC(=O)C1CC(=O)N(C)C1. The Labute approximate surface area is 91.5 Å². The van der Waals surface area contributed by atoms with E-state index in [-0.39, 0.29) is 17.7 Å². The van der Waals surface area contributed by atoms with Gasteiger partial charge in [0.15, 0.2) is 0 Å². The number of carbonyl (C=O) groups excluding carboxylic acids is 2. The van der Waals surface area contributed by atoms with E-state index in [2.05, 4.69) is 27.8 Å². The van der Waals surface area contributed by atoms with Gasteiger partial charge in [-0.25, -0.2) is 0 Å². The van der Waals surface area contributed by atoms with Crippen molar-refractivity contribution in [1.82, 2.24) is 10.2 Å². The second kappa shape index (κ2) is 4.59. The van der Waals surface area contributed by atoms with E-state index in [1.54, 1.807) is 11.9 Å². The van der Waals surface area contributed by atoms with Crippen molar-refractivity contribution in [2.24, 2.45) is 5.92 Å². The minimum absolute atomic E-state index is 0.0304. The van der Waals surface area contributed by atoms with Crippen LogP contribution in [-0.2, 0) is 9.59 Å². The lowest BCUT2D eigenvalue weighted by atomic mass is 10.1. The molecule has 0 aliphatic carbocycles. The molecule has 78 valence electrons. The molecule has 0 bridgehead atoms. The summed E-state index contributed by atoms with van der Waals surface area (Å²) >= 11 is 3.15. The summed E-state index contributed by atoms with van der Waals surface area (Å²) in [6, 6.07) is 0. The Hall–Kier alpha value is -0.840. The molecule has 5 heteroatoms. The van der Waals surface area contributed by atoms with Crippen LogP contribution in [0.5, 0.6) is 0 Å². The van der Waals surface area contributed by atoms with Crippen LogP contribution < -0.4 is 5.32 Å². The zero-order valence-electron chi connectivity index (χ0n) is 8.05. The van der Waals surface area contributed by atoms with Crippen LogP contribution in [-0.4, -0.2) is 36.9 Å². The van der Waals surface area contributed by atoms with Crippen LogP contribution in [0.4, 0.5) is 0 Å². The van der Waals surface area contributed by atoms with E-state index in [9.17, 15) is 9.59 Å². The Kier molecular flexibility index (Phi) is 3.69. The molecule has 0 saturated carbocycles. The summed E-state index contributed by atoms with van der Waals surface area (Å²) in [5.41, 5.74) is 0. The molecule has 0 aromatic rings. The maximum Gasteiger partial charge on any atom is 0.225 e. The number of nitrogens with one attached hydrogen (secondary N) is 1. The third-order valence-electron chi connectivity index (χ3n) is 2.17. The van der Waals surface area contributed by atoms with Crippen molar-refractivity contribution in [3.8, 4) is 0 Å². The third-order valence-corrected chi connectivity index (χ3v) is 2.45. The van der Waals surface area contributed by atoms with Gasteiger partial charge in [-0.3, -0.25) is 9.59 Å². The fourth-order valence-corrected chi connectivity index (χ4v) is 1.51. The highest BCUT2D eigenvalue weighted by molar-refractivity contribution is 9.11. The smallest absolute Gasteiger partial charge is 0.225 e. The lowest BCUT2D eigenvalue weighted by molar-refractivity contribution is -0.128. The van der Waals surface area contributed by atoms with Crippen LogP contribution in [0.15, 0.2) is 11.1 Å². The van der Waals surface area contributed by atoms with Gasteiger partial charge in [-0.05, 0) is 0 Å². The maximum absolute atomic E-state index is 11.5. The van der Waals surface area contributed by atoms with Crippen molar-refractivity contribution in [2.75, 3.05) is 20.1 Å². The summed E-state index contributed by atoms with van der Waals surface area (Å²) in [6.07, 6.45) is 0.317. The lowest BCUT2D eigenvalue weighted by Gasteiger charge is -2.10. The summed E-state index contributed by atoms with van der Waals surface area (Å²) < 4.78 is 0.725. The minimum atomic E-state index is -0.209. The van der Waals surface area contributed by atoms with Crippen molar-refractivity contribution < 1.29 is 9.59 Å². The Morgan fingerprint density at radius 2 is 2.43 bits per heavy atom. The molecule has 1 aliphatic rings. The molecule has 14 heavy (non-hydrogen) atoms. The Balaban J connectivity index is 2.39. The van der Waals surface area contributed by atoms with E-state index in [1.165, 1.54) is 0 Å². The zero-order chi connectivity index (χ0) is 10.7. The van der Waals surface area contributed by atoms with E-state index >= 15 is 0 Å². The molecule has 1 rings (SSSR count). The number of rotatable bonds is 3. The van der Waals surface area contributed by atoms with Crippen LogP contribution in [0, 0.1) is 5.92 Å². The number of hydrogen-bond donors (Lipinski definition) is 1. The fraction of sp³-hybridized carbons (Fsp3) is 0.556. The molecule has 0 radical (unpaired) electrons. The summed E-state index contributed by atoms with van der Waals surface area (Å²) in [5, 5.41) is 2.70. The van der Waals surface area contributed by atoms with Crippen LogP contribution in [0.25, 0.3) is 0 Å². The molecular weight excluding hydrogens is 248 g/mol.